The third kappa shape index (κ3) is 3.98. The number of fused-ring (bicyclic) bond motifs is 2. The smallest absolute Gasteiger partial charge is 0.410 e. The third-order valence-electron chi connectivity index (χ3n) is 5.38. The van der Waals surface area contributed by atoms with Crippen molar-refractivity contribution < 1.29 is 9.53 Å². The molecule has 3 rings (SSSR count). The molecule has 2 aliphatic heterocycles. The van der Waals surface area contributed by atoms with Gasteiger partial charge in [0.2, 0.25) is 0 Å². The maximum Gasteiger partial charge on any atom is 0.410 e. The van der Waals surface area contributed by atoms with Crippen molar-refractivity contribution in [3.8, 4) is 0 Å². The molecule has 5 nitrogen and oxygen atoms in total. The monoisotopic (exact) mass is 359 g/mol. The van der Waals surface area contributed by atoms with Crippen molar-refractivity contribution >= 4 is 11.8 Å². The van der Waals surface area contributed by atoms with Crippen molar-refractivity contribution in [3.63, 3.8) is 0 Å². The van der Waals surface area contributed by atoms with Gasteiger partial charge in [-0.15, -0.1) is 0 Å². The maximum atomic E-state index is 12.6. The van der Waals surface area contributed by atoms with E-state index in [-0.39, 0.29) is 18.2 Å². The molecule has 26 heavy (non-hydrogen) atoms. The zero-order chi connectivity index (χ0) is 18.9. The van der Waals surface area contributed by atoms with Gasteiger partial charge in [0.05, 0.1) is 12.1 Å². The number of nitrogens with zero attached hydrogens (tertiary/aromatic N) is 2. The fourth-order valence-electron chi connectivity index (χ4n) is 4.27. The Kier molecular flexibility index (Phi) is 5.47. The van der Waals surface area contributed by atoms with E-state index in [9.17, 15) is 4.79 Å². The number of anilines is 1. The Hall–Kier alpha value is -1.75. The zero-order valence-corrected chi connectivity index (χ0v) is 16.6. The Morgan fingerprint density at radius 2 is 1.88 bits per heavy atom. The first-order chi connectivity index (χ1) is 12.3. The molecule has 1 aromatic carbocycles. The summed E-state index contributed by atoms with van der Waals surface area (Å²) in [5, 5.41) is 0. The van der Waals surface area contributed by atoms with Crippen molar-refractivity contribution in [2.45, 2.75) is 71.1 Å². The van der Waals surface area contributed by atoms with Gasteiger partial charge in [-0.1, -0.05) is 19.1 Å². The molecule has 0 aromatic heterocycles. The second kappa shape index (κ2) is 7.47. The number of ether oxygens (including phenoxy) is 1. The summed E-state index contributed by atoms with van der Waals surface area (Å²) in [7, 11) is 0. The Morgan fingerprint density at radius 3 is 2.42 bits per heavy atom. The predicted molar refractivity (Wildman–Crippen MR) is 106 cm³/mol. The van der Waals surface area contributed by atoms with Gasteiger partial charge in [-0.2, -0.15) is 0 Å². The first kappa shape index (κ1) is 19.0. The van der Waals surface area contributed by atoms with Gasteiger partial charge >= 0.3 is 6.09 Å². The lowest BCUT2D eigenvalue weighted by molar-refractivity contribution is 0.0123. The van der Waals surface area contributed by atoms with Crippen LogP contribution in [0.1, 0.15) is 51.7 Å². The van der Waals surface area contributed by atoms with Gasteiger partial charge in [0.1, 0.15) is 5.60 Å². The van der Waals surface area contributed by atoms with Crippen LogP contribution >= 0.6 is 0 Å². The van der Waals surface area contributed by atoms with Gasteiger partial charge in [0.25, 0.3) is 0 Å². The van der Waals surface area contributed by atoms with Crippen LogP contribution in [0.4, 0.5) is 10.5 Å². The number of carbonyl (C=O) groups excluding carboxylic acids is 1. The summed E-state index contributed by atoms with van der Waals surface area (Å²) in [6, 6.07) is 7.23. The van der Waals surface area contributed by atoms with E-state index in [1.165, 1.54) is 16.8 Å². The number of benzene rings is 1. The molecule has 1 aromatic rings. The molecule has 1 amide bonds. The Labute approximate surface area is 157 Å². The van der Waals surface area contributed by atoms with Gasteiger partial charge in [-0.25, -0.2) is 4.79 Å². The number of rotatable bonds is 4. The van der Waals surface area contributed by atoms with Crippen LogP contribution in [0.2, 0.25) is 0 Å². The number of piperazine rings is 1. The molecule has 2 heterocycles. The van der Waals surface area contributed by atoms with E-state index >= 15 is 0 Å². The number of amides is 1. The Bertz CT molecular complexity index is 639. The van der Waals surface area contributed by atoms with Crippen LogP contribution in [0, 0.1) is 0 Å². The van der Waals surface area contributed by atoms with Crippen LogP contribution < -0.4 is 10.6 Å². The van der Waals surface area contributed by atoms with Crippen LogP contribution in [0.3, 0.4) is 0 Å². The molecule has 0 aliphatic carbocycles. The first-order valence-electron chi connectivity index (χ1n) is 9.90. The molecular weight excluding hydrogens is 326 g/mol. The minimum absolute atomic E-state index is 0.154. The average molecular weight is 360 g/mol. The molecule has 0 saturated carbocycles. The molecule has 0 spiro atoms. The van der Waals surface area contributed by atoms with Crippen molar-refractivity contribution in [3.05, 3.63) is 29.3 Å². The highest BCUT2D eigenvalue weighted by Gasteiger charge is 2.44. The number of aryl methyl sites for hydroxylation is 1. The van der Waals surface area contributed by atoms with Crippen LogP contribution in [0.5, 0.6) is 0 Å². The third-order valence-corrected chi connectivity index (χ3v) is 5.38. The van der Waals surface area contributed by atoms with Gasteiger partial charge in [0, 0.05) is 18.8 Å². The highest BCUT2D eigenvalue weighted by molar-refractivity contribution is 5.70. The molecule has 0 radical (unpaired) electrons. The predicted octanol–water partition coefficient (Wildman–Crippen LogP) is 3.34. The summed E-state index contributed by atoms with van der Waals surface area (Å²) in [6.45, 7) is 10.5. The largest absolute Gasteiger partial charge is 0.444 e. The minimum atomic E-state index is -0.443. The fraction of sp³-hybridized carbons (Fsp3) is 0.667. The van der Waals surface area contributed by atoms with Crippen LogP contribution in [0.15, 0.2) is 18.2 Å². The summed E-state index contributed by atoms with van der Waals surface area (Å²) in [4.78, 5) is 17.1. The van der Waals surface area contributed by atoms with Crippen LogP contribution in [-0.2, 0) is 17.6 Å². The topological polar surface area (TPSA) is 58.8 Å². The van der Waals surface area contributed by atoms with E-state index in [2.05, 4.69) is 30.0 Å². The lowest BCUT2D eigenvalue weighted by atomic mass is 10.0. The standard InChI is InChI=1S/C21H33N3O2/c1-5-16-12-15(10-11-22)6-9-19(16)23-13-17-7-8-18(14-23)24(17)20(25)26-21(2,3)4/h6,9,12,17-18H,5,7-8,10-11,13-14,22H2,1-4H3. The number of hydrogen-bond donors (Lipinski definition) is 1. The molecule has 2 N–H and O–H groups in total. The molecule has 2 fully saturated rings. The molecule has 2 atom stereocenters. The molecule has 2 unspecified atom stereocenters. The normalized spacial score (nSPS) is 22.7. The molecule has 2 bridgehead atoms. The summed E-state index contributed by atoms with van der Waals surface area (Å²) >= 11 is 0. The van der Waals surface area contributed by atoms with Gasteiger partial charge < -0.3 is 15.4 Å². The zero-order valence-electron chi connectivity index (χ0n) is 16.6. The molecular formula is C21H33N3O2. The van der Waals surface area contributed by atoms with Crippen molar-refractivity contribution in [2.24, 2.45) is 5.73 Å². The Morgan fingerprint density at radius 1 is 1.23 bits per heavy atom. The Balaban J connectivity index is 1.76. The first-order valence-corrected chi connectivity index (χ1v) is 9.90. The van der Waals surface area contributed by atoms with Gasteiger partial charge in [0.15, 0.2) is 0 Å². The fourth-order valence-corrected chi connectivity index (χ4v) is 4.27. The highest BCUT2D eigenvalue weighted by Crippen LogP contribution is 2.35. The summed E-state index contributed by atoms with van der Waals surface area (Å²) in [6.07, 6.45) is 3.90. The highest BCUT2D eigenvalue weighted by atomic mass is 16.6. The van der Waals surface area contributed by atoms with E-state index < -0.39 is 5.60 Å². The van der Waals surface area contributed by atoms with E-state index in [4.69, 9.17) is 10.5 Å². The van der Waals surface area contributed by atoms with Crippen molar-refractivity contribution in [1.29, 1.82) is 0 Å². The van der Waals surface area contributed by atoms with Gasteiger partial charge in [-0.3, -0.25) is 4.90 Å². The SMILES string of the molecule is CCc1cc(CCN)ccc1N1CC2CCC(C1)N2C(=O)OC(C)(C)C. The van der Waals surface area contributed by atoms with E-state index in [1.807, 2.05) is 25.7 Å². The van der Waals surface area contributed by atoms with Gasteiger partial charge in [-0.05, 0) is 70.2 Å². The molecule has 5 heteroatoms. The van der Waals surface area contributed by atoms with Crippen LogP contribution in [0.25, 0.3) is 0 Å². The van der Waals surface area contributed by atoms with Crippen molar-refractivity contribution in [1.82, 2.24) is 4.90 Å². The maximum absolute atomic E-state index is 12.6. The lowest BCUT2D eigenvalue weighted by Gasteiger charge is -2.43. The van der Waals surface area contributed by atoms with E-state index in [0.717, 1.165) is 38.8 Å². The van der Waals surface area contributed by atoms with Crippen molar-refractivity contribution in [2.75, 3.05) is 24.5 Å². The number of hydrogen-bond acceptors (Lipinski definition) is 4. The lowest BCUT2D eigenvalue weighted by Crippen LogP contribution is -2.57. The minimum Gasteiger partial charge on any atom is -0.444 e. The average Bonchev–Trinajstić information content (AvgIpc) is 2.84. The summed E-state index contributed by atoms with van der Waals surface area (Å²) in [5.41, 5.74) is 9.26. The second-order valence-electron chi connectivity index (χ2n) is 8.53. The molecule has 2 aliphatic rings. The second-order valence-corrected chi connectivity index (χ2v) is 8.53. The number of nitrogens with two attached hydrogens (primary N) is 1. The quantitative estimate of drug-likeness (QED) is 0.896. The number of carbonyl (C=O) groups is 1. The summed E-state index contributed by atoms with van der Waals surface area (Å²) < 4.78 is 5.64. The molecule has 144 valence electrons. The summed E-state index contributed by atoms with van der Waals surface area (Å²) in [5.74, 6) is 0. The van der Waals surface area contributed by atoms with E-state index in [0.29, 0.717) is 6.54 Å². The van der Waals surface area contributed by atoms with E-state index in [1.54, 1.807) is 0 Å². The molecule has 2 saturated heterocycles. The van der Waals surface area contributed by atoms with Crippen LogP contribution in [-0.4, -0.2) is 48.3 Å².